The second kappa shape index (κ2) is 11.8. The second-order valence-corrected chi connectivity index (χ2v) is 9.93. The number of thiophene rings is 1. The van der Waals surface area contributed by atoms with Crippen LogP contribution in [0.4, 0.5) is 4.79 Å². The Morgan fingerprint density at radius 3 is 2.66 bits per heavy atom. The van der Waals surface area contributed by atoms with E-state index in [0.717, 1.165) is 32.4 Å². The van der Waals surface area contributed by atoms with E-state index in [0.29, 0.717) is 30.6 Å². The number of carbonyl (C=O) groups excluding carboxylic acids is 3. The van der Waals surface area contributed by atoms with E-state index in [1.807, 2.05) is 5.38 Å². The first kappa shape index (κ1) is 24.7. The minimum atomic E-state index is -0.789. The van der Waals surface area contributed by atoms with E-state index in [4.69, 9.17) is 9.47 Å². The molecule has 1 aromatic heterocycles. The third-order valence-corrected chi connectivity index (χ3v) is 7.12. The number of rotatable bonds is 10. The molecule has 32 heavy (non-hydrogen) atoms. The lowest BCUT2D eigenvalue weighted by molar-refractivity contribution is -0.127. The molecule has 4 atom stereocenters. The van der Waals surface area contributed by atoms with Crippen LogP contribution in [-0.2, 0) is 14.3 Å². The third-order valence-electron chi connectivity index (χ3n) is 6.46. The molecular weight excluding hydrogens is 430 g/mol. The van der Waals surface area contributed by atoms with Gasteiger partial charge in [-0.05, 0) is 62.1 Å². The second-order valence-electron chi connectivity index (χ2n) is 9.15. The SMILES string of the molecule is CC(C)C(C)CC[C@H](NC(=O)Oc1ccsc1)C(=O)NC1C(=O)COC1CN1CCCC1. The molecule has 9 heteroatoms. The Bertz CT molecular complexity index is 764. The first-order chi connectivity index (χ1) is 15.3. The summed E-state index contributed by atoms with van der Waals surface area (Å²) in [4.78, 5) is 40.2. The molecule has 3 unspecified atom stereocenters. The molecule has 3 heterocycles. The monoisotopic (exact) mass is 465 g/mol. The van der Waals surface area contributed by atoms with Crippen molar-refractivity contribution >= 4 is 29.1 Å². The average Bonchev–Trinajstić information content (AvgIpc) is 3.51. The number of carbonyl (C=O) groups is 3. The molecule has 0 radical (unpaired) electrons. The van der Waals surface area contributed by atoms with Crippen LogP contribution < -0.4 is 15.4 Å². The summed E-state index contributed by atoms with van der Waals surface area (Å²) < 4.78 is 11.0. The highest BCUT2D eigenvalue weighted by molar-refractivity contribution is 7.08. The fourth-order valence-electron chi connectivity index (χ4n) is 4.01. The summed E-state index contributed by atoms with van der Waals surface area (Å²) in [5.74, 6) is 0.786. The number of likely N-dealkylation sites (tertiary alicyclic amines) is 1. The lowest BCUT2D eigenvalue weighted by Gasteiger charge is -2.26. The predicted molar refractivity (Wildman–Crippen MR) is 123 cm³/mol. The van der Waals surface area contributed by atoms with Crippen LogP contribution in [-0.4, -0.2) is 67.1 Å². The highest BCUT2D eigenvalue weighted by Gasteiger charge is 2.39. The average molecular weight is 466 g/mol. The van der Waals surface area contributed by atoms with Gasteiger partial charge in [-0.25, -0.2) is 4.79 Å². The van der Waals surface area contributed by atoms with Gasteiger partial charge in [0, 0.05) is 11.9 Å². The lowest BCUT2D eigenvalue weighted by Crippen LogP contribution is -2.55. The molecule has 0 bridgehead atoms. The first-order valence-corrected chi connectivity index (χ1v) is 12.5. The van der Waals surface area contributed by atoms with Crippen molar-refractivity contribution in [3.8, 4) is 5.75 Å². The Morgan fingerprint density at radius 2 is 2.00 bits per heavy atom. The zero-order valence-electron chi connectivity index (χ0n) is 19.2. The van der Waals surface area contributed by atoms with Crippen molar-refractivity contribution in [1.82, 2.24) is 15.5 Å². The normalized spacial score (nSPS) is 23.3. The van der Waals surface area contributed by atoms with E-state index in [-0.39, 0.29) is 24.4 Å². The van der Waals surface area contributed by atoms with Crippen molar-refractivity contribution < 1.29 is 23.9 Å². The lowest BCUT2D eigenvalue weighted by atomic mass is 9.91. The van der Waals surface area contributed by atoms with Crippen LogP contribution in [0.1, 0.15) is 46.5 Å². The summed E-state index contributed by atoms with van der Waals surface area (Å²) in [5, 5.41) is 9.08. The Morgan fingerprint density at radius 1 is 1.25 bits per heavy atom. The maximum absolute atomic E-state index is 13.1. The van der Waals surface area contributed by atoms with Crippen molar-refractivity contribution in [2.75, 3.05) is 26.2 Å². The van der Waals surface area contributed by atoms with Gasteiger partial charge in [-0.3, -0.25) is 9.59 Å². The number of hydrogen-bond donors (Lipinski definition) is 2. The van der Waals surface area contributed by atoms with Crippen molar-refractivity contribution in [1.29, 1.82) is 0 Å². The number of ether oxygens (including phenoxy) is 2. The molecule has 2 saturated heterocycles. The first-order valence-electron chi connectivity index (χ1n) is 11.5. The molecule has 2 amide bonds. The fraction of sp³-hybridized carbons (Fsp3) is 0.696. The van der Waals surface area contributed by atoms with Crippen LogP contribution in [0, 0.1) is 11.8 Å². The van der Waals surface area contributed by atoms with E-state index >= 15 is 0 Å². The molecule has 2 aliphatic rings. The summed E-state index contributed by atoms with van der Waals surface area (Å²) in [7, 11) is 0. The molecule has 0 aliphatic carbocycles. The standard InChI is InChI=1S/C23H35N3O5S/c1-15(2)16(3)6-7-18(24-23(29)31-17-8-11-32-14-17)22(28)25-21-19(27)13-30-20(21)12-26-9-4-5-10-26/h8,11,14-16,18,20-21H,4-7,9-10,12-13H2,1-3H3,(H,24,29)(H,25,28)/t16?,18-,20?,21?/m0/s1. The van der Waals surface area contributed by atoms with Gasteiger partial charge in [0.25, 0.3) is 0 Å². The quantitative estimate of drug-likeness (QED) is 0.552. The maximum atomic E-state index is 13.1. The minimum absolute atomic E-state index is 0.00608. The van der Waals surface area contributed by atoms with E-state index in [9.17, 15) is 14.4 Å². The number of ketones is 1. The van der Waals surface area contributed by atoms with Gasteiger partial charge in [-0.2, -0.15) is 0 Å². The van der Waals surface area contributed by atoms with Crippen molar-refractivity contribution in [3.63, 3.8) is 0 Å². The zero-order valence-corrected chi connectivity index (χ0v) is 20.0. The molecule has 0 saturated carbocycles. The van der Waals surface area contributed by atoms with Crippen LogP contribution in [0.2, 0.25) is 0 Å². The van der Waals surface area contributed by atoms with E-state index in [1.165, 1.54) is 11.3 Å². The van der Waals surface area contributed by atoms with Crippen molar-refractivity contribution in [2.45, 2.75) is 64.6 Å². The summed E-state index contributed by atoms with van der Waals surface area (Å²) in [6.45, 7) is 9.00. The predicted octanol–water partition coefficient (Wildman–Crippen LogP) is 2.83. The van der Waals surface area contributed by atoms with Crippen LogP contribution in [0.25, 0.3) is 0 Å². The zero-order chi connectivity index (χ0) is 23.1. The van der Waals surface area contributed by atoms with Crippen LogP contribution in [0.15, 0.2) is 16.8 Å². The molecule has 2 fully saturated rings. The minimum Gasteiger partial charge on any atom is -0.409 e. The molecule has 2 aliphatic heterocycles. The van der Waals surface area contributed by atoms with E-state index < -0.39 is 18.2 Å². The molecule has 0 aromatic carbocycles. The van der Waals surface area contributed by atoms with Gasteiger partial charge in [-0.1, -0.05) is 20.8 Å². The smallest absolute Gasteiger partial charge is 0.409 e. The largest absolute Gasteiger partial charge is 0.413 e. The molecule has 8 nitrogen and oxygen atoms in total. The van der Waals surface area contributed by atoms with Gasteiger partial charge in [0.2, 0.25) is 5.91 Å². The topological polar surface area (TPSA) is 97.0 Å². The Labute approximate surface area is 194 Å². The van der Waals surface area contributed by atoms with Gasteiger partial charge in [0.1, 0.15) is 24.4 Å². The fourth-order valence-corrected chi connectivity index (χ4v) is 4.56. The van der Waals surface area contributed by atoms with E-state index in [2.05, 4.69) is 36.3 Å². The van der Waals surface area contributed by atoms with E-state index in [1.54, 1.807) is 11.4 Å². The highest BCUT2D eigenvalue weighted by atomic mass is 32.1. The summed E-state index contributed by atoms with van der Waals surface area (Å²) in [6.07, 6.45) is 2.47. The molecule has 1 aromatic rings. The number of hydrogen-bond acceptors (Lipinski definition) is 7. The molecule has 178 valence electrons. The number of nitrogens with zero attached hydrogens (tertiary/aromatic N) is 1. The van der Waals surface area contributed by atoms with Gasteiger partial charge in [0.15, 0.2) is 5.78 Å². The molecule has 3 rings (SSSR count). The molecule has 2 N–H and O–H groups in total. The van der Waals surface area contributed by atoms with Crippen LogP contribution >= 0.6 is 11.3 Å². The molecular formula is C23H35N3O5S. The maximum Gasteiger partial charge on any atom is 0.413 e. The van der Waals surface area contributed by atoms with Gasteiger partial charge in [0.05, 0.1) is 6.10 Å². The summed E-state index contributed by atoms with van der Waals surface area (Å²) in [6, 6.07) is 0.212. The van der Waals surface area contributed by atoms with Crippen molar-refractivity contribution in [3.05, 3.63) is 16.8 Å². The summed E-state index contributed by atoms with van der Waals surface area (Å²) >= 11 is 1.42. The Balaban J connectivity index is 1.62. The molecule has 0 spiro atoms. The van der Waals surface area contributed by atoms with Crippen molar-refractivity contribution in [2.24, 2.45) is 11.8 Å². The highest BCUT2D eigenvalue weighted by Crippen LogP contribution is 2.20. The van der Waals surface area contributed by atoms with Crippen LogP contribution in [0.5, 0.6) is 5.75 Å². The number of Topliss-reactive ketones (excluding diaryl/α,β-unsaturated/α-hetero) is 1. The number of nitrogens with one attached hydrogen (secondary N) is 2. The Kier molecular flexibility index (Phi) is 9.07. The van der Waals surface area contributed by atoms with Crippen LogP contribution in [0.3, 0.4) is 0 Å². The Hall–Kier alpha value is -1.97. The number of amides is 2. The third kappa shape index (κ3) is 7.02. The van der Waals surface area contributed by atoms with Gasteiger partial charge >= 0.3 is 6.09 Å². The summed E-state index contributed by atoms with van der Waals surface area (Å²) in [5.41, 5.74) is 0. The van der Waals surface area contributed by atoms with Gasteiger partial charge < -0.3 is 25.0 Å². The van der Waals surface area contributed by atoms with Gasteiger partial charge in [-0.15, -0.1) is 11.3 Å².